The summed E-state index contributed by atoms with van der Waals surface area (Å²) in [6.45, 7) is 0.318. The molecular formula is C14H14FNOS. The second-order valence-corrected chi connectivity index (χ2v) is 4.57. The Morgan fingerprint density at radius 2 is 1.94 bits per heavy atom. The van der Waals surface area contributed by atoms with E-state index < -0.39 is 5.82 Å². The first kappa shape index (κ1) is 12.9. The first-order valence-corrected chi connectivity index (χ1v) is 6.76. The molecule has 4 heteroatoms. The molecule has 2 nitrogen and oxygen atoms in total. The van der Waals surface area contributed by atoms with Gasteiger partial charge >= 0.3 is 0 Å². The van der Waals surface area contributed by atoms with Gasteiger partial charge in [0, 0.05) is 11.4 Å². The van der Waals surface area contributed by atoms with E-state index in [1.54, 1.807) is 23.9 Å². The number of ether oxygens (including phenoxy) is 1. The van der Waals surface area contributed by atoms with Crippen LogP contribution in [-0.2, 0) is 6.54 Å². The van der Waals surface area contributed by atoms with E-state index in [1.807, 2.05) is 30.5 Å². The third-order valence-corrected chi connectivity index (χ3v) is 3.30. The van der Waals surface area contributed by atoms with Crippen LogP contribution in [0.25, 0.3) is 0 Å². The molecule has 18 heavy (non-hydrogen) atoms. The Kier molecular flexibility index (Phi) is 4.23. The van der Waals surface area contributed by atoms with Crippen molar-refractivity contribution < 1.29 is 9.13 Å². The van der Waals surface area contributed by atoms with E-state index in [-0.39, 0.29) is 5.75 Å². The van der Waals surface area contributed by atoms with Crippen molar-refractivity contribution in [2.75, 3.05) is 6.26 Å². The quantitative estimate of drug-likeness (QED) is 0.852. The predicted molar refractivity (Wildman–Crippen MR) is 72.6 cm³/mol. The molecule has 0 bridgehead atoms. The summed E-state index contributed by atoms with van der Waals surface area (Å²) in [5.41, 5.74) is 6.20. The van der Waals surface area contributed by atoms with Gasteiger partial charge in [-0.1, -0.05) is 18.2 Å². The second-order valence-electron chi connectivity index (χ2n) is 3.72. The van der Waals surface area contributed by atoms with Crippen LogP contribution in [0.1, 0.15) is 5.56 Å². The summed E-state index contributed by atoms with van der Waals surface area (Å²) in [7, 11) is 0. The molecule has 94 valence electrons. The summed E-state index contributed by atoms with van der Waals surface area (Å²) >= 11 is 1.56. The molecule has 0 spiro atoms. The number of benzene rings is 2. The smallest absolute Gasteiger partial charge is 0.166 e. The molecule has 2 rings (SSSR count). The number of halogens is 1. The topological polar surface area (TPSA) is 35.2 Å². The number of para-hydroxylation sites is 1. The molecule has 0 fully saturated rings. The summed E-state index contributed by atoms with van der Waals surface area (Å²) < 4.78 is 19.4. The minimum Gasteiger partial charge on any atom is -0.453 e. The van der Waals surface area contributed by atoms with Gasteiger partial charge in [-0.3, -0.25) is 0 Å². The monoisotopic (exact) mass is 263 g/mol. The van der Waals surface area contributed by atoms with Gasteiger partial charge in [0.05, 0.1) is 0 Å². The van der Waals surface area contributed by atoms with Crippen molar-refractivity contribution in [3.8, 4) is 11.5 Å². The lowest BCUT2D eigenvalue weighted by molar-refractivity contribution is 0.433. The minimum atomic E-state index is -0.395. The van der Waals surface area contributed by atoms with Crippen molar-refractivity contribution >= 4 is 11.8 Å². The van der Waals surface area contributed by atoms with Crippen LogP contribution >= 0.6 is 11.8 Å². The number of thioether (sulfide) groups is 1. The van der Waals surface area contributed by atoms with E-state index in [1.165, 1.54) is 6.07 Å². The highest BCUT2D eigenvalue weighted by molar-refractivity contribution is 7.98. The Morgan fingerprint density at radius 3 is 2.61 bits per heavy atom. The molecular weight excluding hydrogens is 249 g/mol. The summed E-state index contributed by atoms with van der Waals surface area (Å²) in [4.78, 5) is 0.972. The van der Waals surface area contributed by atoms with Crippen molar-refractivity contribution in [1.29, 1.82) is 0 Å². The van der Waals surface area contributed by atoms with Crippen molar-refractivity contribution in [2.45, 2.75) is 11.4 Å². The summed E-state index contributed by atoms with van der Waals surface area (Å²) in [5, 5.41) is 0. The molecule has 2 aromatic rings. The SMILES string of the molecule is CSc1ccccc1Oc1ccc(CN)cc1F. The maximum atomic E-state index is 13.8. The third-order valence-electron chi connectivity index (χ3n) is 2.52. The first-order valence-electron chi connectivity index (χ1n) is 5.54. The fraction of sp³-hybridized carbons (Fsp3) is 0.143. The van der Waals surface area contributed by atoms with Crippen LogP contribution < -0.4 is 10.5 Å². The molecule has 0 aromatic heterocycles. The van der Waals surface area contributed by atoms with Crippen LogP contribution in [-0.4, -0.2) is 6.26 Å². The van der Waals surface area contributed by atoms with E-state index in [0.29, 0.717) is 12.3 Å². The van der Waals surface area contributed by atoms with Crippen LogP contribution in [0.5, 0.6) is 11.5 Å². The molecule has 2 N–H and O–H groups in total. The summed E-state index contributed by atoms with van der Waals surface area (Å²) in [5.74, 6) is 0.479. The summed E-state index contributed by atoms with van der Waals surface area (Å²) in [6.07, 6.45) is 1.95. The predicted octanol–water partition coefficient (Wildman–Crippen LogP) is 3.80. The number of rotatable bonds is 4. The van der Waals surface area contributed by atoms with Gasteiger partial charge in [0.2, 0.25) is 0 Å². The van der Waals surface area contributed by atoms with Crippen LogP contribution in [0.2, 0.25) is 0 Å². The van der Waals surface area contributed by atoms with Crippen LogP contribution in [0.3, 0.4) is 0 Å². The summed E-state index contributed by atoms with van der Waals surface area (Å²) in [6, 6.07) is 12.3. The van der Waals surface area contributed by atoms with E-state index in [9.17, 15) is 4.39 Å². The zero-order chi connectivity index (χ0) is 13.0. The van der Waals surface area contributed by atoms with E-state index >= 15 is 0 Å². The second kappa shape index (κ2) is 5.89. The molecule has 0 atom stereocenters. The maximum absolute atomic E-state index is 13.8. The lowest BCUT2D eigenvalue weighted by atomic mass is 10.2. The first-order chi connectivity index (χ1) is 8.74. The fourth-order valence-electron chi connectivity index (χ4n) is 1.58. The Labute approximate surface area is 110 Å². The number of nitrogens with two attached hydrogens (primary N) is 1. The molecule has 0 unspecified atom stereocenters. The lowest BCUT2D eigenvalue weighted by Crippen LogP contribution is -1.98. The van der Waals surface area contributed by atoms with Crippen molar-refractivity contribution in [3.63, 3.8) is 0 Å². The van der Waals surface area contributed by atoms with E-state index in [0.717, 1.165) is 10.5 Å². The Morgan fingerprint density at radius 1 is 1.17 bits per heavy atom. The van der Waals surface area contributed by atoms with Crippen LogP contribution in [0.4, 0.5) is 4.39 Å². The molecule has 0 amide bonds. The molecule has 0 saturated carbocycles. The van der Waals surface area contributed by atoms with Gasteiger partial charge in [-0.15, -0.1) is 11.8 Å². The maximum Gasteiger partial charge on any atom is 0.166 e. The number of hydrogen-bond acceptors (Lipinski definition) is 3. The fourth-order valence-corrected chi connectivity index (χ4v) is 2.10. The molecule has 0 radical (unpaired) electrons. The highest BCUT2D eigenvalue weighted by atomic mass is 32.2. The lowest BCUT2D eigenvalue weighted by Gasteiger charge is -2.10. The Balaban J connectivity index is 2.28. The van der Waals surface area contributed by atoms with E-state index in [4.69, 9.17) is 10.5 Å². The highest BCUT2D eigenvalue weighted by Gasteiger charge is 2.08. The van der Waals surface area contributed by atoms with Gasteiger partial charge in [0.25, 0.3) is 0 Å². The highest BCUT2D eigenvalue weighted by Crippen LogP contribution is 2.32. The molecule has 0 heterocycles. The molecule has 0 aliphatic rings. The Bertz CT molecular complexity index is 545. The normalized spacial score (nSPS) is 10.4. The molecule has 2 aromatic carbocycles. The Hall–Kier alpha value is -1.52. The third kappa shape index (κ3) is 2.83. The van der Waals surface area contributed by atoms with Crippen molar-refractivity contribution in [1.82, 2.24) is 0 Å². The van der Waals surface area contributed by atoms with Crippen molar-refractivity contribution in [2.24, 2.45) is 5.73 Å². The largest absolute Gasteiger partial charge is 0.453 e. The zero-order valence-corrected chi connectivity index (χ0v) is 10.8. The van der Waals surface area contributed by atoms with Crippen molar-refractivity contribution in [3.05, 3.63) is 53.8 Å². The van der Waals surface area contributed by atoms with Crippen LogP contribution in [0, 0.1) is 5.82 Å². The minimum absolute atomic E-state index is 0.216. The van der Waals surface area contributed by atoms with Gasteiger partial charge in [-0.2, -0.15) is 0 Å². The average molecular weight is 263 g/mol. The van der Waals surface area contributed by atoms with Gasteiger partial charge in [-0.05, 0) is 36.1 Å². The van der Waals surface area contributed by atoms with E-state index in [2.05, 4.69) is 0 Å². The van der Waals surface area contributed by atoms with Gasteiger partial charge in [-0.25, -0.2) is 4.39 Å². The molecule has 0 aliphatic heterocycles. The van der Waals surface area contributed by atoms with Gasteiger partial charge < -0.3 is 10.5 Å². The molecule has 0 saturated heterocycles. The standard InChI is InChI=1S/C14H14FNOS/c1-18-14-5-3-2-4-13(14)17-12-7-6-10(9-16)8-11(12)15/h2-8H,9,16H2,1H3. The zero-order valence-electron chi connectivity index (χ0n) is 10.0. The molecule has 0 aliphatic carbocycles. The van der Waals surface area contributed by atoms with Crippen LogP contribution in [0.15, 0.2) is 47.4 Å². The van der Waals surface area contributed by atoms with Gasteiger partial charge in [0.1, 0.15) is 5.75 Å². The number of hydrogen-bond donors (Lipinski definition) is 1. The van der Waals surface area contributed by atoms with Gasteiger partial charge in [0.15, 0.2) is 11.6 Å². The average Bonchev–Trinajstić information content (AvgIpc) is 2.41.